The minimum absolute atomic E-state index is 0.151. The Hall–Kier alpha value is -1.10. The van der Waals surface area contributed by atoms with Crippen LogP contribution in [-0.2, 0) is 14.3 Å². The Bertz CT molecular complexity index is 336. The Morgan fingerprint density at radius 3 is 2.32 bits per heavy atom. The molecule has 1 saturated heterocycles. The molecule has 1 saturated carbocycles. The maximum absolute atomic E-state index is 11.9. The number of carbonyl (C=O) groups is 2. The Morgan fingerprint density at radius 1 is 1.11 bits per heavy atom. The highest BCUT2D eigenvalue weighted by Gasteiger charge is 2.34. The summed E-state index contributed by atoms with van der Waals surface area (Å²) in [4.78, 5) is 22.6. The maximum atomic E-state index is 11.9. The van der Waals surface area contributed by atoms with Gasteiger partial charge >= 0.3 is 5.97 Å². The summed E-state index contributed by atoms with van der Waals surface area (Å²) in [5.74, 6) is 0.247. The maximum Gasteiger partial charge on any atom is 0.332 e. The second-order valence-corrected chi connectivity index (χ2v) is 5.90. The van der Waals surface area contributed by atoms with E-state index in [0.29, 0.717) is 25.3 Å². The molecule has 2 rings (SSSR count). The van der Waals surface area contributed by atoms with Gasteiger partial charge in [0, 0.05) is 6.54 Å². The molecule has 0 aromatic carbocycles. The van der Waals surface area contributed by atoms with E-state index in [1.807, 2.05) is 0 Å². The van der Waals surface area contributed by atoms with Crippen molar-refractivity contribution in [2.45, 2.75) is 57.7 Å². The van der Waals surface area contributed by atoms with Gasteiger partial charge in [-0.05, 0) is 37.5 Å². The second kappa shape index (κ2) is 6.37. The van der Waals surface area contributed by atoms with E-state index in [4.69, 9.17) is 9.84 Å². The van der Waals surface area contributed by atoms with E-state index < -0.39 is 18.2 Å². The third kappa shape index (κ3) is 3.93. The van der Waals surface area contributed by atoms with E-state index >= 15 is 0 Å². The number of hydrogen-bond donors (Lipinski definition) is 2. The van der Waals surface area contributed by atoms with Crippen molar-refractivity contribution in [1.82, 2.24) is 5.32 Å². The number of amides is 1. The zero-order valence-corrected chi connectivity index (χ0v) is 11.4. The fourth-order valence-electron chi connectivity index (χ4n) is 2.90. The molecule has 0 aromatic heterocycles. The molecule has 5 nitrogen and oxygen atoms in total. The Morgan fingerprint density at radius 2 is 1.74 bits per heavy atom. The predicted octanol–water partition coefficient (Wildman–Crippen LogP) is 1.56. The standard InChI is InChI=1S/C14H23NO4/c1-9-2-4-10(5-3-9)8-15-13(16)11-6-7-12(19-11)14(17)18/h9-12H,2-8H2,1H3,(H,15,16)(H,17,18)/t9?,10?,11-,12+/m0/s1. The van der Waals surface area contributed by atoms with Crippen molar-refractivity contribution in [2.24, 2.45) is 11.8 Å². The van der Waals surface area contributed by atoms with Crippen LogP contribution >= 0.6 is 0 Å². The lowest BCUT2D eigenvalue weighted by Crippen LogP contribution is -2.38. The Labute approximate surface area is 113 Å². The predicted molar refractivity (Wildman–Crippen MR) is 69.7 cm³/mol. The van der Waals surface area contributed by atoms with Gasteiger partial charge in [-0.1, -0.05) is 19.8 Å². The summed E-state index contributed by atoms with van der Waals surface area (Å²) < 4.78 is 5.23. The van der Waals surface area contributed by atoms with Crippen molar-refractivity contribution in [1.29, 1.82) is 0 Å². The zero-order chi connectivity index (χ0) is 13.8. The third-order valence-electron chi connectivity index (χ3n) is 4.29. The molecule has 2 atom stereocenters. The van der Waals surface area contributed by atoms with E-state index in [9.17, 15) is 9.59 Å². The number of aliphatic carboxylic acids is 1. The van der Waals surface area contributed by atoms with Gasteiger partial charge in [0.05, 0.1) is 0 Å². The Kier molecular flexibility index (Phi) is 4.80. The molecular weight excluding hydrogens is 246 g/mol. The van der Waals surface area contributed by atoms with Crippen LogP contribution in [0.3, 0.4) is 0 Å². The highest BCUT2D eigenvalue weighted by atomic mass is 16.5. The van der Waals surface area contributed by atoms with Crippen LogP contribution in [0.25, 0.3) is 0 Å². The van der Waals surface area contributed by atoms with E-state index in [-0.39, 0.29) is 5.91 Å². The van der Waals surface area contributed by atoms with E-state index in [1.54, 1.807) is 0 Å². The number of hydrogen-bond acceptors (Lipinski definition) is 3. The molecule has 1 aliphatic carbocycles. The minimum Gasteiger partial charge on any atom is -0.479 e. The molecule has 0 bridgehead atoms. The number of carbonyl (C=O) groups excluding carboxylic acids is 1. The van der Waals surface area contributed by atoms with Crippen molar-refractivity contribution in [3.8, 4) is 0 Å². The second-order valence-electron chi connectivity index (χ2n) is 5.90. The van der Waals surface area contributed by atoms with Crippen molar-refractivity contribution < 1.29 is 19.4 Å². The van der Waals surface area contributed by atoms with E-state index in [1.165, 1.54) is 25.7 Å². The van der Waals surface area contributed by atoms with Crippen molar-refractivity contribution in [2.75, 3.05) is 6.54 Å². The highest BCUT2D eigenvalue weighted by Crippen LogP contribution is 2.28. The van der Waals surface area contributed by atoms with Crippen LogP contribution < -0.4 is 5.32 Å². The summed E-state index contributed by atoms with van der Waals surface area (Å²) in [6.07, 6.45) is 4.35. The van der Waals surface area contributed by atoms with Gasteiger partial charge in [0.2, 0.25) is 5.91 Å². The van der Waals surface area contributed by atoms with E-state index in [2.05, 4.69) is 12.2 Å². The largest absolute Gasteiger partial charge is 0.479 e. The van der Waals surface area contributed by atoms with Crippen LogP contribution in [0.5, 0.6) is 0 Å². The fraction of sp³-hybridized carbons (Fsp3) is 0.857. The molecule has 108 valence electrons. The molecule has 0 aromatic rings. The lowest BCUT2D eigenvalue weighted by Gasteiger charge is -2.26. The lowest BCUT2D eigenvalue weighted by molar-refractivity contribution is -0.151. The first-order valence-corrected chi connectivity index (χ1v) is 7.22. The molecule has 0 unspecified atom stereocenters. The van der Waals surface area contributed by atoms with Crippen molar-refractivity contribution in [3.05, 3.63) is 0 Å². The van der Waals surface area contributed by atoms with Crippen molar-refractivity contribution >= 4 is 11.9 Å². The first-order chi connectivity index (χ1) is 9.06. The normalized spacial score (nSPS) is 35.0. The summed E-state index contributed by atoms with van der Waals surface area (Å²) in [6, 6.07) is 0. The summed E-state index contributed by atoms with van der Waals surface area (Å²) in [5.41, 5.74) is 0. The smallest absolute Gasteiger partial charge is 0.332 e. The van der Waals surface area contributed by atoms with Crippen LogP contribution in [-0.4, -0.2) is 35.7 Å². The van der Waals surface area contributed by atoms with Crippen LogP contribution in [0.1, 0.15) is 45.4 Å². The molecule has 5 heteroatoms. The van der Waals surface area contributed by atoms with Gasteiger partial charge in [0.1, 0.15) is 6.10 Å². The molecule has 19 heavy (non-hydrogen) atoms. The van der Waals surface area contributed by atoms with Gasteiger partial charge in [0.15, 0.2) is 6.10 Å². The third-order valence-corrected chi connectivity index (χ3v) is 4.29. The van der Waals surface area contributed by atoms with Gasteiger partial charge in [-0.3, -0.25) is 4.79 Å². The summed E-state index contributed by atoms with van der Waals surface area (Å²) in [7, 11) is 0. The molecular formula is C14H23NO4. The average Bonchev–Trinajstić information content (AvgIpc) is 2.87. The van der Waals surface area contributed by atoms with Crippen molar-refractivity contribution in [3.63, 3.8) is 0 Å². The van der Waals surface area contributed by atoms with Gasteiger partial charge in [-0.2, -0.15) is 0 Å². The number of carboxylic acids is 1. The number of nitrogens with one attached hydrogen (secondary N) is 1. The van der Waals surface area contributed by atoms with Gasteiger partial charge < -0.3 is 15.2 Å². The molecule has 0 spiro atoms. The SMILES string of the molecule is CC1CCC(CNC(=O)[C@@H]2CC[C@H](C(=O)O)O2)CC1. The zero-order valence-electron chi connectivity index (χ0n) is 11.4. The Balaban J connectivity index is 1.69. The van der Waals surface area contributed by atoms with E-state index in [0.717, 1.165) is 5.92 Å². The lowest BCUT2D eigenvalue weighted by atomic mass is 9.83. The summed E-state index contributed by atoms with van der Waals surface area (Å²) in [5, 5.41) is 11.7. The molecule has 2 aliphatic rings. The molecule has 1 aliphatic heterocycles. The van der Waals surface area contributed by atoms with Crippen LogP contribution in [0.2, 0.25) is 0 Å². The molecule has 2 fully saturated rings. The van der Waals surface area contributed by atoms with Crippen LogP contribution in [0.15, 0.2) is 0 Å². The summed E-state index contributed by atoms with van der Waals surface area (Å²) in [6.45, 7) is 2.97. The summed E-state index contributed by atoms with van der Waals surface area (Å²) >= 11 is 0. The monoisotopic (exact) mass is 269 g/mol. The number of ether oxygens (including phenoxy) is 1. The molecule has 1 amide bonds. The molecule has 1 heterocycles. The molecule has 0 radical (unpaired) electrons. The quantitative estimate of drug-likeness (QED) is 0.812. The van der Waals surface area contributed by atoms with Crippen LogP contribution in [0.4, 0.5) is 0 Å². The highest BCUT2D eigenvalue weighted by molar-refractivity contribution is 5.82. The first-order valence-electron chi connectivity index (χ1n) is 7.22. The topological polar surface area (TPSA) is 75.6 Å². The first kappa shape index (κ1) is 14.3. The minimum atomic E-state index is -0.975. The number of carboxylic acid groups (broad SMARTS) is 1. The van der Waals surface area contributed by atoms with Gasteiger partial charge in [0.25, 0.3) is 0 Å². The number of rotatable bonds is 4. The fourth-order valence-corrected chi connectivity index (χ4v) is 2.90. The average molecular weight is 269 g/mol. The van der Waals surface area contributed by atoms with Gasteiger partial charge in [-0.15, -0.1) is 0 Å². The van der Waals surface area contributed by atoms with Gasteiger partial charge in [-0.25, -0.2) is 4.79 Å². The molecule has 2 N–H and O–H groups in total. The van der Waals surface area contributed by atoms with Crippen LogP contribution in [0, 0.1) is 11.8 Å².